The highest BCUT2D eigenvalue weighted by atomic mass is 16.6. The SMILES string of the molecule is CCCCCC/C=C/CCCCCCCC(=O)OCC.CCCCCC/C=C\CCCCCCCC(=O)OCC.CCOC(=O)CCCCCCC/C=C/CCCCCCO.CCOC(=O)CCCCCCC/C=C\CCCCCCO.CCOC(=O)CCCCCCCC(O)C(O)CCCCCCO.CCOC(=O)CCCCCCCC(O)CCCCCCCO.CCOC(=O)CCCCCCCCC(O)CCCCCCO. The van der Waals surface area contributed by atoms with Crippen LogP contribution in [-0.2, 0) is 66.7 Å². The fourth-order valence-corrected chi connectivity index (χ4v) is 16.7. The zero-order valence-corrected chi connectivity index (χ0v) is 98.5. The van der Waals surface area contributed by atoms with Crippen LogP contribution in [0.15, 0.2) is 48.6 Å². The van der Waals surface area contributed by atoms with Gasteiger partial charge in [0, 0.05) is 78.0 Å². The van der Waals surface area contributed by atoms with Gasteiger partial charge < -0.3 is 79.1 Å². The van der Waals surface area contributed by atoms with E-state index in [0.717, 1.165) is 276 Å². The van der Waals surface area contributed by atoms with Crippen molar-refractivity contribution in [2.45, 2.75) is 639 Å². The number of aliphatic hydroxyl groups excluding tert-OH is 9. The third-order valence-corrected chi connectivity index (χ3v) is 25.8. The van der Waals surface area contributed by atoms with Crippen LogP contribution in [0.3, 0.4) is 0 Å². The second-order valence-corrected chi connectivity index (χ2v) is 40.1. The number of rotatable bonds is 106. The van der Waals surface area contributed by atoms with Crippen molar-refractivity contribution in [2.75, 3.05) is 79.3 Å². The Labute approximate surface area is 916 Å². The molecule has 23 nitrogen and oxygen atoms in total. The van der Waals surface area contributed by atoms with Crippen molar-refractivity contribution in [3.8, 4) is 0 Å². The molecule has 886 valence electrons. The molecule has 0 aromatic rings. The Bertz CT molecular complexity index is 2630. The fraction of sp³-hybridized carbons (Fsp3) is 0.881. The molecule has 0 aliphatic carbocycles. The van der Waals surface area contributed by atoms with Crippen LogP contribution in [0.4, 0.5) is 0 Å². The molecule has 0 spiro atoms. The molecule has 9 N–H and O–H groups in total. The Balaban J connectivity index is -0.000000316. The highest BCUT2D eigenvalue weighted by Crippen LogP contribution is 2.22. The van der Waals surface area contributed by atoms with Gasteiger partial charge in [-0.05, 0) is 267 Å². The molecule has 4 unspecified atom stereocenters. The average Bonchev–Trinajstić information content (AvgIpc) is 0.969. The summed E-state index contributed by atoms with van der Waals surface area (Å²) in [6, 6.07) is 0. The Morgan fingerprint density at radius 1 is 0.161 bits per heavy atom. The van der Waals surface area contributed by atoms with Crippen molar-refractivity contribution in [3.63, 3.8) is 0 Å². The Hall–Kier alpha value is -5.11. The Morgan fingerprint density at radius 3 is 0.423 bits per heavy atom. The van der Waals surface area contributed by atoms with E-state index in [1.807, 2.05) is 48.5 Å². The maximum absolute atomic E-state index is 11.1. The predicted octanol–water partition coefficient (Wildman–Crippen LogP) is 32.1. The smallest absolute Gasteiger partial charge is 0.305 e. The lowest BCUT2D eigenvalue weighted by Gasteiger charge is -2.17. The van der Waals surface area contributed by atoms with E-state index in [-0.39, 0.29) is 67.2 Å². The largest absolute Gasteiger partial charge is 0.466 e. The Morgan fingerprint density at radius 2 is 0.282 bits per heavy atom. The monoisotopic (exact) mass is 2130 g/mol. The summed E-state index contributed by atoms with van der Waals surface area (Å²) in [5.74, 6) is -0.484. The summed E-state index contributed by atoms with van der Waals surface area (Å²) < 4.78 is 34.2. The predicted molar refractivity (Wildman–Crippen MR) is 621 cm³/mol. The van der Waals surface area contributed by atoms with E-state index in [4.69, 9.17) is 58.7 Å². The van der Waals surface area contributed by atoms with Crippen molar-refractivity contribution in [1.29, 1.82) is 0 Å². The van der Waals surface area contributed by atoms with Gasteiger partial charge in [-0.1, -0.05) is 351 Å². The molecule has 0 heterocycles. The fourth-order valence-electron chi connectivity index (χ4n) is 16.7. The van der Waals surface area contributed by atoms with E-state index < -0.39 is 12.2 Å². The summed E-state index contributed by atoms with van der Waals surface area (Å²) in [5.41, 5.74) is 0. The van der Waals surface area contributed by atoms with Gasteiger partial charge in [-0.25, -0.2) is 0 Å². The Kier molecular flexibility index (Phi) is 152. The second kappa shape index (κ2) is 145. The van der Waals surface area contributed by atoms with E-state index in [9.17, 15) is 54.0 Å². The second-order valence-electron chi connectivity index (χ2n) is 40.1. The van der Waals surface area contributed by atoms with Crippen molar-refractivity contribution in [2.24, 2.45) is 0 Å². The minimum atomic E-state index is -0.632. The molecular weight excluding hydrogens is 1880 g/mol. The summed E-state index contributed by atoms with van der Waals surface area (Å²) in [7, 11) is 0. The lowest BCUT2D eigenvalue weighted by Crippen LogP contribution is -2.25. The molecule has 0 radical (unpaired) electrons. The molecule has 0 fully saturated rings. The first-order chi connectivity index (χ1) is 72.7. The van der Waals surface area contributed by atoms with E-state index >= 15 is 0 Å². The van der Waals surface area contributed by atoms with Gasteiger partial charge in [0.2, 0.25) is 0 Å². The van der Waals surface area contributed by atoms with Crippen LogP contribution in [0.1, 0.15) is 615 Å². The number of ether oxygens (including phenoxy) is 7. The number of allylic oxidation sites excluding steroid dienone is 8. The normalized spacial score (nSPS) is 11.9. The maximum atomic E-state index is 11.1. The summed E-state index contributed by atoms with van der Waals surface area (Å²) in [5, 5.41) is 82.9. The number of esters is 7. The molecule has 149 heavy (non-hydrogen) atoms. The number of carbonyl (C=O) groups is 7. The van der Waals surface area contributed by atoms with Gasteiger partial charge in [0.05, 0.1) is 70.7 Å². The molecule has 4 atom stereocenters. The molecule has 23 heteroatoms. The van der Waals surface area contributed by atoms with Crippen LogP contribution in [0, 0.1) is 0 Å². The van der Waals surface area contributed by atoms with Gasteiger partial charge in [0.1, 0.15) is 0 Å². The summed E-state index contributed by atoms with van der Waals surface area (Å²) in [6.45, 7) is 22.2. The topological polar surface area (TPSA) is 366 Å². The van der Waals surface area contributed by atoms with Crippen LogP contribution >= 0.6 is 0 Å². The molecule has 0 bridgehead atoms. The van der Waals surface area contributed by atoms with Crippen LogP contribution in [0.5, 0.6) is 0 Å². The molecule has 0 aromatic heterocycles. The van der Waals surface area contributed by atoms with Crippen molar-refractivity contribution < 1.29 is 113 Å². The minimum Gasteiger partial charge on any atom is -0.466 e. The third-order valence-electron chi connectivity index (χ3n) is 25.8. The molecule has 0 amide bonds. The molecule has 0 aliphatic heterocycles. The maximum Gasteiger partial charge on any atom is 0.305 e. The van der Waals surface area contributed by atoms with Gasteiger partial charge >= 0.3 is 41.8 Å². The average molecular weight is 2130 g/mol. The number of hydrogen-bond donors (Lipinski definition) is 9. The van der Waals surface area contributed by atoms with E-state index in [2.05, 4.69) is 62.5 Å². The van der Waals surface area contributed by atoms with E-state index in [1.165, 1.54) is 218 Å². The quantitative estimate of drug-likeness (QED) is 0.0118. The van der Waals surface area contributed by atoms with E-state index in [0.29, 0.717) is 124 Å². The molecular formula is C126H244O23. The molecule has 0 saturated heterocycles. The molecule has 0 saturated carbocycles. The lowest BCUT2D eigenvalue weighted by molar-refractivity contribution is -0.144. The zero-order valence-electron chi connectivity index (χ0n) is 98.5. The van der Waals surface area contributed by atoms with Crippen molar-refractivity contribution in [3.05, 3.63) is 48.6 Å². The lowest BCUT2D eigenvalue weighted by atomic mass is 10.00. The first kappa shape index (κ1) is 157. The van der Waals surface area contributed by atoms with E-state index in [1.54, 1.807) is 0 Å². The van der Waals surface area contributed by atoms with Crippen LogP contribution < -0.4 is 0 Å². The molecule has 0 rings (SSSR count). The zero-order chi connectivity index (χ0) is 111. The molecule has 0 aliphatic rings. The van der Waals surface area contributed by atoms with Crippen molar-refractivity contribution >= 4 is 41.8 Å². The first-order valence-corrected chi connectivity index (χ1v) is 62.2. The molecule has 0 aromatic carbocycles. The standard InChI is InChI=1S/C18H36O5.2C18H36O4.2C18H34O3.2C18H34O2/c1-2-23-18(22)14-10-5-3-4-8-12-16(20)17(21)13-9-6-7-11-15-19;1-2-22-18(21)15-11-7-3-5-9-13-17(20)14-10-6-4-8-12-16-19;1-2-22-18(21)15-11-6-4-3-5-9-13-17(20)14-10-7-8-12-16-19;2*1-2-21-18(20)16-14-12-10-8-6-4-3-5-7-9-11-13-15-17-19;2*1-3-5-6-7-8-9-10-11-12-13-14-15-16-17-18(19)20-4-2/h16-17,19-21H,2-15H2,1H3;2*17,19-20H,2-16H2,1H3;2*3,5,19H,2,4,6-17H2,1H3;2*9-10H,3-8,11-17H2,1-2H3/b;;;5-3+;5-3-;10-9+;10-9-. The van der Waals surface area contributed by atoms with Crippen LogP contribution in [-0.4, -0.2) is 191 Å². The first-order valence-electron chi connectivity index (χ1n) is 62.2. The van der Waals surface area contributed by atoms with Crippen LogP contribution in [0.25, 0.3) is 0 Å². The highest BCUT2D eigenvalue weighted by molar-refractivity contribution is 5.71. The van der Waals surface area contributed by atoms with Crippen LogP contribution in [0.2, 0.25) is 0 Å². The number of carbonyl (C=O) groups excluding carboxylic acids is 7. The number of unbranched alkanes of at least 4 members (excludes halogenated alkanes) is 59. The van der Waals surface area contributed by atoms with Gasteiger partial charge in [-0.3, -0.25) is 33.6 Å². The minimum absolute atomic E-state index is 0.0430. The third kappa shape index (κ3) is 156. The van der Waals surface area contributed by atoms with Gasteiger partial charge in [-0.15, -0.1) is 0 Å². The summed E-state index contributed by atoms with van der Waals surface area (Å²) in [4.78, 5) is 77.9. The van der Waals surface area contributed by atoms with Gasteiger partial charge in [-0.2, -0.15) is 0 Å². The van der Waals surface area contributed by atoms with Crippen molar-refractivity contribution in [1.82, 2.24) is 0 Å². The van der Waals surface area contributed by atoms with Gasteiger partial charge in [0.15, 0.2) is 0 Å². The summed E-state index contributed by atoms with van der Waals surface area (Å²) >= 11 is 0. The number of aliphatic hydroxyl groups is 9. The summed E-state index contributed by atoms with van der Waals surface area (Å²) in [6.07, 6.45) is 109. The highest BCUT2D eigenvalue weighted by Gasteiger charge is 2.17. The van der Waals surface area contributed by atoms with Gasteiger partial charge in [0.25, 0.3) is 0 Å². The number of hydrogen-bond acceptors (Lipinski definition) is 23.